The molecule has 1 fully saturated rings. The van der Waals surface area contributed by atoms with Crippen molar-refractivity contribution >= 4 is 29.3 Å². The van der Waals surface area contributed by atoms with Crippen LogP contribution in [0.2, 0.25) is 0 Å². The third-order valence-corrected chi connectivity index (χ3v) is 9.17. The quantitative estimate of drug-likeness (QED) is 0.126. The maximum Gasteiger partial charge on any atom is 0.253 e. The highest BCUT2D eigenvalue weighted by molar-refractivity contribution is 7.99. The summed E-state index contributed by atoms with van der Waals surface area (Å²) in [5.41, 5.74) is 7.10. The molecule has 244 valence electrons. The number of ether oxygens (including phenoxy) is 2. The lowest BCUT2D eigenvalue weighted by molar-refractivity contribution is -0.245. The van der Waals surface area contributed by atoms with Crippen LogP contribution >= 0.6 is 11.8 Å². The molecule has 2 heterocycles. The number of aliphatic hydroxyl groups is 1. The number of carbonyl (C=O) groups excluding carboxylic acids is 2. The predicted molar refractivity (Wildman–Crippen MR) is 187 cm³/mol. The lowest BCUT2D eigenvalue weighted by atomic mass is 9.99. The van der Waals surface area contributed by atoms with Gasteiger partial charge in [-0.25, -0.2) is 0 Å². The van der Waals surface area contributed by atoms with Crippen molar-refractivity contribution in [3.8, 4) is 11.1 Å². The molecule has 1 saturated heterocycles. The number of benzene rings is 4. The molecule has 1 aromatic heterocycles. The monoisotopic (exact) mass is 659 g/mol. The highest BCUT2D eigenvalue weighted by Gasteiger charge is 2.32. The highest BCUT2D eigenvalue weighted by Crippen LogP contribution is 2.40. The number of hydrogen-bond donors (Lipinski definition) is 3. The van der Waals surface area contributed by atoms with Crippen molar-refractivity contribution in [2.24, 2.45) is 0 Å². The molecule has 0 unspecified atom stereocenters. The fraction of sp³-hybridized carbons (Fsp3) is 0.205. The first-order valence-corrected chi connectivity index (χ1v) is 16.8. The van der Waals surface area contributed by atoms with E-state index in [1.807, 2.05) is 72.8 Å². The molecule has 0 bridgehead atoms. The average Bonchev–Trinajstić information content (AvgIpc) is 3.14. The molecule has 2 amide bonds. The summed E-state index contributed by atoms with van der Waals surface area (Å²) in [5.74, 6) is 0.450. The molecule has 1 aliphatic heterocycles. The van der Waals surface area contributed by atoms with E-state index in [1.54, 1.807) is 36.3 Å². The molecule has 0 aliphatic carbocycles. The second-order valence-electron chi connectivity index (χ2n) is 11.6. The van der Waals surface area contributed by atoms with Crippen LogP contribution in [0.25, 0.3) is 11.1 Å². The normalized spacial score (nSPS) is 17.4. The van der Waals surface area contributed by atoms with E-state index in [0.29, 0.717) is 18.5 Å². The second kappa shape index (κ2) is 15.9. The smallest absolute Gasteiger partial charge is 0.253 e. The minimum atomic E-state index is -0.587. The first kappa shape index (κ1) is 33.1. The van der Waals surface area contributed by atoms with E-state index in [0.717, 1.165) is 49.7 Å². The van der Waals surface area contributed by atoms with Gasteiger partial charge in [-0.15, -0.1) is 11.8 Å². The van der Waals surface area contributed by atoms with Gasteiger partial charge in [0.15, 0.2) is 6.29 Å². The van der Waals surface area contributed by atoms with E-state index < -0.39 is 6.29 Å². The van der Waals surface area contributed by atoms with Crippen LogP contribution in [0.15, 0.2) is 126 Å². The van der Waals surface area contributed by atoms with Crippen LogP contribution in [0.4, 0.5) is 5.69 Å². The van der Waals surface area contributed by atoms with E-state index in [1.165, 1.54) is 6.92 Å². The third kappa shape index (κ3) is 8.76. The molecule has 48 heavy (non-hydrogen) atoms. The molecule has 3 N–H and O–H groups in total. The zero-order valence-corrected chi connectivity index (χ0v) is 27.4. The molecule has 5 aromatic rings. The second-order valence-corrected chi connectivity index (χ2v) is 12.7. The number of nitrogens with one attached hydrogen (secondary N) is 2. The maximum absolute atomic E-state index is 12.6. The number of thioether (sulfide) groups is 1. The Hall–Kier alpha value is -4.80. The van der Waals surface area contributed by atoms with Crippen LogP contribution in [0.5, 0.6) is 0 Å². The van der Waals surface area contributed by atoms with E-state index in [2.05, 4.69) is 39.9 Å². The summed E-state index contributed by atoms with van der Waals surface area (Å²) >= 11 is 1.70. The molecule has 1 aliphatic rings. The van der Waals surface area contributed by atoms with Gasteiger partial charge >= 0.3 is 0 Å². The third-order valence-electron chi connectivity index (χ3n) is 8.02. The topological polar surface area (TPSA) is 110 Å². The largest absolute Gasteiger partial charge is 0.392 e. The van der Waals surface area contributed by atoms with Crippen LogP contribution in [0.1, 0.15) is 58.4 Å². The van der Waals surface area contributed by atoms with Crippen molar-refractivity contribution in [3.63, 3.8) is 0 Å². The molecule has 4 aromatic carbocycles. The summed E-state index contributed by atoms with van der Waals surface area (Å²) < 4.78 is 13.2. The Bertz CT molecular complexity index is 1830. The Morgan fingerprint density at radius 3 is 2.35 bits per heavy atom. The summed E-state index contributed by atoms with van der Waals surface area (Å²) in [4.78, 5) is 29.1. The SMILES string of the molecule is CC(=O)Nc1ccc(SC[C@H]2C[C@@H](c3ccc(CO)cc3)O[C@@H](c3cccc(-c4cccc(CNC(=O)c5cccnc5)c4)c3)O2)cc1. The van der Waals surface area contributed by atoms with Gasteiger partial charge in [0.05, 0.1) is 24.4 Å². The van der Waals surface area contributed by atoms with Crippen molar-refractivity contribution in [1.82, 2.24) is 10.3 Å². The number of amides is 2. The lowest BCUT2D eigenvalue weighted by Crippen LogP contribution is -2.31. The zero-order chi connectivity index (χ0) is 33.3. The number of aromatic nitrogens is 1. The minimum absolute atomic E-state index is 0.0115. The van der Waals surface area contributed by atoms with Crippen LogP contribution in [0.3, 0.4) is 0 Å². The van der Waals surface area contributed by atoms with Gasteiger partial charge in [-0.3, -0.25) is 14.6 Å². The first-order valence-electron chi connectivity index (χ1n) is 15.8. The van der Waals surface area contributed by atoms with Crippen LogP contribution < -0.4 is 10.6 Å². The van der Waals surface area contributed by atoms with E-state index >= 15 is 0 Å². The Morgan fingerprint density at radius 2 is 1.62 bits per heavy atom. The van der Waals surface area contributed by atoms with E-state index in [4.69, 9.17) is 9.47 Å². The molecule has 0 spiro atoms. The number of carbonyl (C=O) groups is 2. The minimum Gasteiger partial charge on any atom is -0.392 e. The lowest BCUT2D eigenvalue weighted by Gasteiger charge is -2.36. The van der Waals surface area contributed by atoms with Gasteiger partial charge in [-0.1, -0.05) is 60.7 Å². The summed E-state index contributed by atoms with van der Waals surface area (Å²) in [7, 11) is 0. The van der Waals surface area contributed by atoms with Crippen molar-refractivity contribution in [1.29, 1.82) is 0 Å². The maximum atomic E-state index is 12.6. The Morgan fingerprint density at radius 1 is 0.854 bits per heavy atom. The summed E-state index contributed by atoms with van der Waals surface area (Å²) in [5, 5.41) is 15.3. The fourth-order valence-electron chi connectivity index (χ4n) is 5.56. The van der Waals surface area contributed by atoms with Crippen molar-refractivity contribution in [2.75, 3.05) is 11.1 Å². The van der Waals surface area contributed by atoms with Gasteiger partial charge in [-0.05, 0) is 76.3 Å². The molecular formula is C39H37N3O5S. The summed E-state index contributed by atoms with van der Waals surface area (Å²) in [6, 6.07) is 35.5. The average molecular weight is 660 g/mol. The van der Waals surface area contributed by atoms with Gasteiger partial charge in [0, 0.05) is 54.2 Å². The number of nitrogens with zero attached hydrogens (tertiary/aromatic N) is 1. The van der Waals surface area contributed by atoms with Gasteiger partial charge in [-0.2, -0.15) is 0 Å². The Labute approximate surface area is 284 Å². The molecular weight excluding hydrogens is 623 g/mol. The molecule has 0 saturated carbocycles. The number of aliphatic hydroxyl groups excluding tert-OH is 1. The molecule has 8 nitrogen and oxygen atoms in total. The van der Waals surface area contributed by atoms with Crippen molar-refractivity contribution in [3.05, 3.63) is 149 Å². The van der Waals surface area contributed by atoms with Gasteiger partial charge in [0.25, 0.3) is 5.91 Å². The van der Waals surface area contributed by atoms with Crippen LogP contribution in [-0.2, 0) is 27.4 Å². The molecule has 6 rings (SSSR count). The summed E-state index contributed by atoms with van der Waals surface area (Å²) in [6.45, 7) is 1.87. The number of hydrogen-bond acceptors (Lipinski definition) is 7. The molecule has 9 heteroatoms. The van der Waals surface area contributed by atoms with Crippen molar-refractivity contribution < 1.29 is 24.2 Å². The number of anilines is 1. The highest BCUT2D eigenvalue weighted by atomic mass is 32.2. The van der Waals surface area contributed by atoms with Crippen LogP contribution in [-0.4, -0.2) is 33.8 Å². The fourth-order valence-corrected chi connectivity index (χ4v) is 6.48. The van der Waals surface area contributed by atoms with Crippen molar-refractivity contribution in [2.45, 2.75) is 49.9 Å². The van der Waals surface area contributed by atoms with Crippen LogP contribution in [0, 0.1) is 0 Å². The zero-order valence-electron chi connectivity index (χ0n) is 26.5. The standard InChI is InChI=1S/C39H37N3O5S/c1-26(44)42-34-14-16-36(17-15-34)48-25-35-21-37(29-12-10-27(24-43)11-13-29)47-39(46-35)32-8-3-7-31(20-32)30-6-2-5-28(19-30)22-41-38(45)33-9-4-18-40-23-33/h2-20,23,35,37,39,43H,21-22,24-25H2,1H3,(H,41,45)(H,42,44)/t35-,37+,39+/m1/s1. The Balaban J connectivity index is 1.18. The van der Waals surface area contributed by atoms with Gasteiger partial charge < -0.3 is 25.2 Å². The van der Waals surface area contributed by atoms with E-state index in [-0.39, 0.29) is 30.6 Å². The van der Waals surface area contributed by atoms with E-state index in [9.17, 15) is 14.7 Å². The van der Waals surface area contributed by atoms with Gasteiger partial charge in [0.1, 0.15) is 0 Å². The Kier molecular flexibility index (Phi) is 10.9. The summed E-state index contributed by atoms with van der Waals surface area (Å²) in [6.07, 6.45) is 3.00. The molecule has 3 atom stereocenters. The van der Waals surface area contributed by atoms with Gasteiger partial charge in [0.2, 0.25) is 5.91 Å². The number of pyridine rings is 1. The number of rotatable bonds is 11. The predicted octanol–water partition coefficient (Wildman–Crippen LogP) is 7.47. The first-order chi connectivity index (χ1) is 23.4. The molecule has 0 radical (unpaired) electrons.